The molecule has 2 atom stereocenters. The number of anilines is 1. The molecule has 0 saturated heterocycles. The van der Waals surface area contributed by atoms with Gasteiger partial charge in [-0.3, -0.25) is 4.79 Å². The SMILES string of the molecule is CC(CN[C@H](C(=O)Nc1ccccc1)c1ccccc1)c1ccccc1. The van der Waals surface area contributed by atoms with E-state index >= 15 is 0 Å². The fourth-order valence-electron chi connectivity index (χ4n) is 2.94. The molecule has 2 N–H and O–H groups in total. The standard InChI is InChI=1S/C23H24N2O/c1-18(19-11-5-2-6-12-19)17-24-22(20-13-7-3-8-14-20)23(26)25-21-15-9-4-10-16-21/h2-16,18,22,24H,17H2,1H3,(H,25,26)/t18?,22-/m0/s1. The molecule has 3 rings (SSSR count). The summed E-state index contributed by atoms with van der Waals surface area (Å²) in [5.74, 6) is 0.259. The minimum atomic E-state index is -0.400. The molecule has 0 saturated carbocycles. The third-order valence-electron chi connectivity index (χ3n) is 4.43. The molecule has 0 aliphatic rings. The summed E-state index contributed by atoms with van der Waals surface area (Å²) in [6.45, 7) is 2.88. The molecule has 3 aromatic rings. The van der Waals surface area contributed by atoms with Crippen LogP contribution in [0.3, 0.4) is 0 Å². The predicted molar refractivity (Wildman–Crippen MR) is 107 cm³/mol. The lowest BCUT2D eigenvalue weighted by molar-refractivity contribution is -0.118. The van der Waals surface area contributed by atoms with Gasteiger partial charge in [0, 0.05) is 12.2 Å². The van der Waals surface area contributed by atoms with Crippen LogP contribution in [0.5, 0.6) is 0 Å². The largest absolute Gasteiger partial charge is 0.324 e. The average molecular weight is 344 g/mol. The quantitative estimate of drug-likeness (QED) is 0.649. The van der Waals surface area contributed by atoms with E-state index in [-0.39, 0.29) is 5.91 Å². The summed E-state index contributed by atoms with van der Waals surface area (Å²) in [5, 5.41) is 6.44. The number of hydrogen-bond donors (Lipinski definition) is 2. The van der Waals surface area contributed by atoms with Gasteiger partial charge in [-0.2, -0.15) is 0 Å². The van der Waals surface area contributed by atoms with Crippen molar-refractivity contribution in [1.82, 2.24) is 5.32 Å². The smallest absolute Gasteiger partial charge is 0.246 e. The Morgan fingerprint density at radius 3 is 1.85 bits per heavy atom. The maximum absolute atomic E-state index is 12.9. The van der Waals surface area contributed by atoms with Gasteiger partial charge in [0.15, 0.2) is 0 Å². The second-order valence-corrected chi connectivity index (χ2v) is 6.42. The molecule has 3 nitrogen and oxygen atoms in total. The summed E-state index contributed by atoms with van der Waals surface area (Å²) >= 11 is 0. The topological polar surface area (TPSA) is 41.1 Å². The van der Waals surface area contributed by atoms with E-state index in [9.17, 15) is 4.79 Å². The van der Waals surface area contributed by atoms with Crippen LogP contribution in [-0.2, 0) is 4.79 Å². The van der Waals surface area contributed by atoms with Crippen LogP contribution in [0.1, 0.15) is 30.0 Å². The number of carbonyl (C=O) groups is 1. The maximum atomic E-state index is 12.9. The van der Waals surface area contributed by atoms with Crippen molar-refractivity contribution in [2.75, 3.05) is 11.9 Å². The molecule has 0 aliphatic carbocycles. The third kappa shape index (κ3) is 4.80. The summed E-state index contributed by atoms with van der Waals surface area (Å²) in [5.41, 5.74) is 3.02. The van der Waals surface area contributed by atoms with E-state index in [1.54, 1.807) is 0 Å². The van der Waals surface area contributed by atoms with Gasteiger partial charge in [0.05, 0.1) is 0 Å². The highest BCUT2D eigenvalue weighted by atomic mass is 16.2. The minimum Gasteiger partial charge on any atom is -0.324 e. The Labute approximate surface area is 155 Å². The zero-order valence-corrected chi connectivity index (χ0v) is 14.9. The van der Waals surface area contributed by atoms with Crippen molar-refractivity contribution in [2.45, 2.75) is 18.9 Å². The van der Waals surface area contributed by atoms with Crippen molar-refractivity contribution in [2.24, 2.45) is 0 Å². The number of hydrogen-bond acceptors (Lipinski definition) is 2. The molecular weight excluding hydrogens is 320 g/mol. The van der Waals surface area contributed by atoms with E-state index in [0.29, 0.717) is 12.5 Å². The van der Waals surface area contributed by atoms with Crippen molar-refractivity contribution in [3.8, 4) is 0 Å². The van der Waals surface area contributed by atoms with Gasteiger partial charge in [-0.1, -0.05) is 85.8 Å². The molecule has 0 aromatic heterocycles. The monoisotopic (exact) mass is 344 g/mol. The Hall–Kier alpha value is -2.91. The molecule has 0 spiro atoms. The van der Waals surface area contributed by atoms with Crippen LogP contribution < -0.4 is 10.6 Å². The lowest BCUT2D eigenvalue weighted by Crippen LogP contribution is -2.35. The second kappa shape index (κ2) is 8.97. The molecule has 0 aliphatic heterocycles. The Bertz CT molecular complexity index is 803. The van der Waals surface area contributed by atoms with E-state index in [1.165, 1.54) is 5.56 Å². The van der Waals surface area contributed by atoms with Gasteiger partial charge in [0.2, 0.25) is 5.91 Å². The van der Waals surface area contributed by atoms with Gasteiger partial charge < -0.3 is 10.6 Å². The number of nitrogens with one attached hydrogen (secondary N) is 2. The van der Waals surface area contributed by atoms with E-state index in [2.05, 4.69) is 29.7 Å². The van der Waals surface area contributed by atoms with E-state index in [1.807, 2.05) is 78.9 Å². The van der Waals surface area contributed by atoms with Crippen molar-refractivity contribution in [3.05, 3.63) is 102 Å². The van der Waals surface area contributed by atoms with Gasteiger partial charge >= 0.3 is 0 Å². The molecule has 0 bridgehead atoms. The number of carbonyl (C=O) groups excluding carboxylic acids is 1. The van der Waals surface area contributed by atoms with Crippen molar-refractivity contribution < 1.29 is 4.79 Å². The average Bonchev–Trinajstić information content (AvgIpc) is 2.70. The van der Waals surface area contributed by atoms with Crippen molar-refractivity contribution in [3.63, 3.8) is 0 Å². The lowest BCUT2D eigenvalue weighted by Gasteiger charge is -2.21. The van der Waals surface area contributed by atoms with Gasteiger partial charge in [-0.05, 0) is 29.2 Å². The number of benzene rings is 3. The summed E-state index contributed by atoms with van der Waals surface area (Å²) in [6.07, 6.45) is 0. The fraction of sp³-hybridized carbons (Fsp3) is 0.174. The molecule has 1 unspecified atom stereocenters. The highest BCUT2D eigenvalue weighted by molar-refractivity contribution is 5.95. The van der Waals surface area contributed by atoms with Gasteiger partial charge in [0.1, 0.15) is 6.04 Å². The molecule has 3 aromatic carbocycles. The highest BCUT2D eigenvalue weighted by Gasteiger charge is 2.21. The predicted octanol–water partition coefficient (Wildman–Crippen LogP) is 4.76. The summed E-state index contributed by atoms with van der Waals surface area (Å²) < 4.78 is 0. The normalized spacial score (nSPS) is 13.0. The first-order valence-electron chi connectivity index (χ1n) is 8.93. The van der Waals surface area contributed by atoms with E-state index in [0.717, 1.165) is 11.3 Å². The molecule has 0 radical (unpaired) electrons. The zero-order chi connectivity index (χ0) is 18.2. The highest BCUT2D eigenvalue weighted by Crippen LogP contribution is 2.19. The molecule has 26 heavy (non-hydrogen) atoms. The zero-order valence-electron chi connectivity index (χ0n) is 14.9. The van der Waals surface area contributed by atoms with Crippen LogP contribution in [0.4, 0.5) is 5.69 Å². The number of amides is 1. The molecular formula is C23H24N2O. The Morgan fingerprint density at radius 2 is 1.27 bits per heavy atom. The van der Waals surface area contributed by atoms with Crippen LogP contribution in [0.15, 0.2) is 91.0 Å². The first-order chi connectivity index (χ1) is 12.7. The molecule has 1 amide bonds. The van der Waals surface area contributed by atoms with Gasteiger partial charge in [-0.15, -0.1) is 0 Å². The molecule has 0 heterocycles. The molecule has 3 heteroatoms. The summed E-state index contributed by atoms with van der Waals surface area (Å²) in [7, 11) is 0. The van der Waals surface area contributed by atoms with E-state index in [4.69, 9.17) is 0 Å². The van der Waals surface area contributed by atoms with Crippen molar-refractivity contribution >= 4 is 11.6 Å². The Morgan fingerprint density at radius 1 is 0.769 bits per heavy atom. The second-order valence-electron chi connectivity index (χ2n) is 6.42. The number of rotatable bonds is 7. The van der Waals surface area contributed by atoms with Gasteiger partial charge in [0.25, 0.3) is 0 Å². The number of para-hydroxylation sites is 1. The Kier molecular flexibility index (Phi) is 6.18. The third-order valence-corrected chi connectivity index (χ3v) is 4.43. The fourth-order valence-corrected chi connectivity index (χ4v) is 2.94. The summed E-state index contributed by atoms with van der Waals surface area (Å²) in [6, 6.07) is 29.3. The van der Waals surface area contributed by atoms with Crippen LogP contribution in [0.25, 0.3) is 0 Å². The molecule has 132 valence electrons. The van der Waals surface area contributed by atoms with E-state index < -0.39 is 6.04 Å². The Balaban J connectivity index is 1.72. The first kappa shape index (κ1) is 17.9. The van der Waals surface area contributed by atoms with Gasteiger partial charge in [-0.25, -0.2) is 0 Å². The van der Waals surface area contributed by atoms with Crippen molar-refractivity contribution in [1.29, 1.82) is 0 Å². The minimum absolute atomic E-state index is 0.0531. The van der Waals surface area contributed by atoms with Crippen LogP contribution >= 0.6 is 0 Å². The summed E-state index contributed by atoms with van der Waals surface area (Å²) in [4.78, 5) is 12.9. The van der Waals surface area contributed by atoms with Crippen LogP contribution in [0, 0.1) is 0 Å². The maximum Gasteiger partial charge on any atom is 0.246 e. The lowest BCUT2D eigenvalue weighted by atomic mass is 9.99. The molecule has 0 fully saturated rings. The first-order valence-corrected chi connectivity index (χ1v) is 8.93. The van der Waals surface area contributed by atoms with Crippen LogP contribution in [-0.4, -0.2) is 12.5 Å². The van der Waals surface area contributed by atoms with Crippen LogP contribution in [0.2, 0.25) is 0 Å².